The third-order valence-corrected chi connectivity index (χ3v) is 5.24. The van der Waals surface area contributed by atoms with Crippen molar-refractivity contribution in [3.8, 4) is 11.5 Å². The summed E-state index contributed by atoms with van der Waals surface area (Å²) in [5, 5.41) is 3.44. The highest BCUT2D eigenvalue weighted by Gasteiger charge is 2.36. The van der Waals surface area contributed by atoms with E-state index in [-0.39, 0.29) is 12.3 Å². The monoisotopic (exact) mass is 376 g/mol. The number of nitrogens with zero attached hydrogens (tertiary/aromatic N) is 3. The van der Waals surface area contributed by atoms with E-state index < -0.39 is 0 Å². The molecule has 2 aromatic carbocycles. The zero-order valence-corrected chi connectivity index (χ0v) is 15.7. The number of ether oxygens (including phenoxy) is 2. The third kappa shape index (κ3) is 2.43. The Balaban J connectivity index is 1.68. The van der Waals surface area contributed by atoms with Gasteiger partial charge in [0.15, 0.2) is 5.78 Å². The molecule has 0 spiro atoms. The van der Waals surface area contributed by atoms with Crippen molar-refractivity contribution in [3.63, 3.8) is 0 Å². The van der Waals surface area contributed by atoms with Crippen molar-refractivity contribution in [1.29, 1.82) is 0 Å². The first kappa shape index (κ1) is 16.7. The van der Waals surface area contributed by atoms with E-state index in [1.165, 1.54) is 0 Å². The molecule has 0 aliphatic carbocycles. The summed E-state index contributed by atoms with van der Waals surface area (Å²) in [7, 11) is 3.23. The van der Waals surface area contributed by atoms with Gasteiger partial charge in [0.1, 0.15) is 28.7 Å². The van der Waals surface area contributed by atoms with E-state index in [4.69, 9.17) is 14.5 Å². The second-order valence-electron chi connectivity index (χ2n) is 6.81. The van der Waals surface area contributed by atoms with Gasteiger partial charge in [-0.2, -0.15) is 0 Å². The molecule has 1 N–H and O–H groups in total. The zero-order valence-electron chi connectivity index (χ0n) is 15.7. The van der Waals surface area contributed by atoms with Gasteiger partial charge in [0.05, 0.1) is 37.5 Å². The lowest BCUT2D eigenvalue weighted by Crippen LogP contribution is -2.31. The van der Waals surface area contributed by atoms with E-state index in [0.717, 1.165) is 34.9 Å². The number of carbonyl (C=O) groups is 1. The van der Waals surface area contributed by atoms with E-state index in [1.807, 2.05) is 47.4 Å². The van der Waals surface area contributed by atoms with Crippen LogP contribution in [0, 0.1) is 0 Å². The van der Waals surface area contributed by atoms with Crippen LogP contribution in [0.2, 0.25) is 0 Å². The lowest BCUT2D eigenvalue weighted by Gasteiger charge is -2.23. The quantitative estimate of drug-likeness (QED) is 0.757. The highest BCUT2D eigenvalue weighted by Crippen LogP contribution is 2.37. The van der Waals surface area contributed by atoms with Crippen LogP contribution in [-0.4, -0.2) is 42.6 Å². The van der Waals surface area contributed by atoms with Gasteiger partial charge in [-0.3, -0.25) is 4.79 Å². The van der Waals surface area contributed by atoms with Gasteiger partial charge in [0, 0.05) is 31.3 Å². The summed E-state index contributed by atoms with van der Waals surface area (Å²) in [4.78, 5) is 19.8. The Kier molecular flexibility index (Phi) is 3.75. The predicted molar refractivity (Wildman–Crippen MR) is 107 cm³/mol. The Morgan fingerprint density at radius 2 is 1.82 bits per heavy atom. The highest BCUT2D eigenvalue weighted by atomic mass is 16.5. The first-order chi connectivity index (χ1) is 13.7. The fourth-order valence-electron chi connectivity index (χ4n) is 3.93. The van der Waals surface area contributed by atoms with E-state index in [0.29, 0.717) is 23.6 Å². The van der Waals surface area contributed by atoms with Crippen molar-refractivity contribution in [2.45, 2.75) is 6.54 Å². The molecule has 2 aliphatic heterocycles. The molecule has 7 nitrogen and oxygen atoms in total. The number of methoxy groups -OCH3 is 2. The lowest BCUT2D eigenvalue weighted by molar-refractivity contribution is -0.112. The van der Waals surface area contributed by atoms with Crippen LogP contribution in [-0.2, 0) is 11.3 Å². The van der Waals surface area contributed by atoms with E-state index in [9.17, 15) is 4.79 Å². The maximum atomic E-state index is 13.0. The number of rotatable bonds is 3. The van der Waals surface area contributed by atoms with E-state index >= 15 is 0 Å². The average Bonchev–Trinajstić information content (AvgIpc) is 3.18. The fourth-order valence-corrected chi connectivity index (χ4v) is 3.93. The molecule has 7 heteroatoms. The second-order valence-corrected chi connectivity index (χ2v) is 6.81. The molecule has 0 atom stereocenters. The van der Waals surface area contributed by atoms with E-state index in [1.54, 1.807) is 14.2 Å². The van der Waals surface area contributed by atoms with Gasteiger partial charge in [-0.15, -0.1) is 0 Å². The molecule has 3 aromatic rings. The van der Waals surface area contributed by atoms with Crippen molar-refractivity contribution in [2.75, 3.05) is 32.2 Å². The van der Waals surface area contributed by atoms with Gasteiger partial charge in [-0.1, -0.05) is 12.1 Å². The van der Waals surface area contributed by atoms with E-state index in [2.05, 4.69) is 9.88 Å². The zero-order chi connectivity index (χ0) is 19.3. The SMILES string of the molecule is COc1cc(OC)cc(N2CC(=O)C3=C2NCCn2c3nc3ccccc32)c1. The normalized spacial score (nSPS) is 15.9. The second kappa shape index (κ2) is 6.30. The molecule has 0 radical (unpaired) electrons. The maximum absolute atomic E-state index is 13.0. The number of imidazole rings is 1. The third-order valence-electron chi connectivity index (χ3n) is 5.24. The largest absolute Gasteiger partial charge is 0.497 e. The van der Waals surface area contributed by atoms with Crippen molar-refractivity contribution in [3.05, 3.63) is 54.1 Å². The molecule has 142 valence electrons. The molecule has 0 saturated heterocycles. The molecule has 5 rings (SSSR count). The molecule has 1 aromatic heterocycles. The van der Waals surface area contributed by atoms with Crippen molar-refractivity contribution in [2.24, 2.45) is 0 Å². The fraction of sp³-hybridized carbons (Fsp3) is 0.238. The predicted octanol–water partition coefficient (Wildman–Crippen LogP) is 2.41. The number of Topliss-reactive ketones (excluding diaryl/α,β-unsaturated/α-hetero) is 1. The summed E-state index contributed by atoms with van der Waals surface area (Å²) in [5.41, 5.74) is 3.42. The molecule has 0 amide bonds. The molecule has 0 unspecified atom stereocenters. The summed E-state index contributed by atoms with van der Waals surface area (Å²) in [6, 6.07) is 13.6. The molecule has 0 bridgehead atoms. The van der Waals surface area contributed by atoms with Crippen LogP contribution >= 0.6 is 0 Å². The number of para-hydroxylation sites is 2. The Bertz CT molecular complexity index is 1110. The number of aromatic nitrogens is 2. The number of hydrogen-bond donors (Lipinski definition) is 1. The summed E-state index contributed by atoms with van der Waals surface area (Å²) in [6.45, 7) is 1.69. The molecule has 0 fully saturated rings. The van der Waals surface area contributed by atoms with Crippen LogP contribution < -0.4 is 19.7 Å². The van der Waals surface area contributed by atoms with Crippen molar-refractivity contribution >= 4 is 28.1 Å². The van der Waals surface area contributed by atoms with Gasteiger partial charge in [0.25, 0.3) is 0 Å². The number of anilines is 1. The van der Waals surface area contributed by atoms with Crippen LogP contribution in [0.25, 0.3) is 16.6 Å². The van der Waals surface area contributed by atoms with Gasteiger partial charge in [-0.05, 0) is 12.1 Å². The Morgan fingerprint density at radius 3 is 2.57 bits per heavy atom. The van der Waals surface area contributed by atoms with Crippen LogP contribution in [0.4, 0.5) is 5.69 Å². The highest BCUT2D eigenvalue weighted by molar-refractivity contribution is 6.26. The summed E-state index contributed by atoms with van der Waals surface area (Å²) in [6.07, 6.45) is 0. The average molecular weight is 376 g/mol. The van der Waals surface area contributed by atoms with Crippen molar-refractivity contribution in [1.82, 2.24) is 14.9 Å². The van der Waals surface area contributed by atoms with Crippen LogP contribution in [0.15, 0.2) is 48.3 Å². The van der Waals surface area contributed by atoms with Gasteiger partial charge < -0.3 is 24.3 Å². The number of ketones is 1. The summed E-state index contributed by atoms with van der Waals surface area (Å²) in [5.74, 6) is 2.91. The Labute approximate surface area is 162 Å². The van der Waals surface area contributed by atoms with Crippen molar-refractivity contribution < 1.29 is 14.3 Å². The first-order valence-electron chi connectivity index (χ1n) is 9.17. The lowest BCUT2D eigenvalue weighted by atomic mass is 10.2. The van der Waals surface area contributed by atoms with Crippen LogP contribution in [0.5, 0.6) is 11.5 Å². The Hall–Kier alpha value is -3.48. The van der Waals surface area contributed by atoms with Gasteiger partial charge >= 0.3 is 0 Å². The van der Waals surface area contributed by atoms with Gasteiger partial charge in [0.2, 0.25) is 0 Å². The minimum absolute atomic E-state index is 0.0442. The molecular formula is C21H20N4O3. The first-order valence-corrected chi connectivity index (χ1v) is 9.17. The number of hydrogen-bond acceptors (Lipinski definition) is 6. The maximum Gasteiger partial charge on any atom is 0.189 e. The number of nitrogens with one attached hydrogen (secondary N) is 1. The molecule has 3 heterocycles. The minimum atomic E-state index is 0.0442. The van der Waals surface area contributed by atoms with Crippen LogP contribution in [0.3, 0.4) is 0 Å². The number of benzene rings is 2. The number of carbonyl (C=O) groups excluding carboxylic acids is 1. The molecular weight excluding hydrogens is 356 g/mol. The Morgan fingerprint density at radius 1 is 1.07 bits per heavy atom. The molecule has 2 aliphatic rings. The summed E-state index contributed by atoms with van der Waals surface area (Å²) >= 11 is 0. The standard InChI is InChI=1S/C21H20N4O3/c1-27-14-9-13(10-15(11-14)28-2)25-12-18(26)19-20(25)22-7-8-24-17-6-4-3-5-16(17)23-21(19)24/h3-6,9-11,22H,7-8,12H2,1-2H3. The topological polar surface area (TPSA) is 68.6 Å². The number of fused-ring (bicyclic) bond motifs is 4. The molecule has 28 heavy (non-hydrogen) atoms. The van der Waals surface area contributed by atoms with Gasteiger partial charge in [-0.25, -0.2) is 4.98 Å². The smallest absolute Gasteiger partial charge is 0.189 e. The minimum Gasteiger partial charge on any atom is -0.497 e. The molecule has 0 saturated carbocycles. The summed E-state index contributed by atoms with van der Waals surface area (Å²) < 4.78 is 12.9. The van der Waals surface area contributed by atoms with Crippen LogP contribution in [0.1, 0.15) is 5.82 Å².